The van der Waals surface area contributed by atoms with Gasteiger partial charge >= 0.3 is 6.09 Å². The molecule has 0 spiro atoms. The Bertz CT molecular complexity index is 596. The van der Waals surface area contributed by atoms with Crippen LogP contribution in [0.2, 0.25) is 0 Å². The molecule has 2 N–H and O–H groups in total. The number of benzene rings is 1. The first kappa shape index (κ1) is 21.2. The van der Waals surface area contributed by atoms with Crippen LogP contribution in [0.4, 0.5) is 4.79 Å². The first-order valence-electron chi connectivity index (χ1n) is 9.85. The number of hydrogen-bond acceptors (Lipinski definition) is 4. The molecule has 2 amide bonds. The van der Waals surface area contributed by atoms with Gasteiger partial charge in [0.05, 0.1) is 0 Å². The van der Waals surface area contributed by atoms with Crippen molar-refractivity contribution in [2.45, 2.75) is 63.6 Å². The second-order valence-corrected chi connectivity index (χ2v) is 7.68. The maximum atomic E-state index is 12.4. The van der Waals surface area contributed by atoms with Gasteiger partial charge in [0, 0.05) is 12.1 Å². The third-order valence-corrected chi connectivity index (χ3v) is 5.52. The maximum Gasteiger partial charge on any atom is 0.408 e. The van der Waals surface area contributed by atoms with E-state index in [1.807, 2.05) is 30.3 Å². The molecule has 0 saturated heterocycles. The maximum absolute atomic E-state index is 12.4. The minimum absolute atomic E-state index is 0.000299. The van der Waals surface area contributed by atoms with Crippen molar-refractivity contribution < 1.29 is 14.3 Å². The van der Waals surface area contributed by atoms with E-state index < -0.39 is 12.1 Å². The zero-order valence-corrected chi connectivity index (χ0v) is 16.8. The first-order chi connectivity index (χ1) is 12.9. The summed E-state index contributed by atoms with van der Waals surface area (Å²) in [5.74, 6) is -0.183. The number of carbonyl (C=O) groups is 2. The van der Waals surface area contributed by atoms with Crippen molar-refractivity contribution in [2.24, 2.45) is 0 Å². The smallest absolute Gasteiger partial charge is 0.408 e. The zero-order valence-electron chi connectivity index (χ0n) is 16.8. The lowest BCUT2D eigenvalue weighted by Crippen LogP contribution is -2.55. The molecular formula is C21H33N3O3. The quantitative estimate of drug-likeness (QED) is 0.719. The van der Waals surface area contributed by atoms with E-state index >= 15 is 0 Å². The Kier molecular flexibility index (Phi) is 8.10. The summed E-state index contributed by atoms with van der Waals surface area (Å²) >= 11 is 0. The Morgan fingerprint density at radius 2 is 1.74 bits per heavy atom. The van der Waals surface area contributed by atoms with E-state index in [0.717, 1.165) is 18.4 Å². The second-order valence-electron chi connectivity index (χ2n) is 7.68. The molecule has 1 fully saturated rings. The number of amides is 2. The second kappa shape index (κ2) is 10.3. The minimum atomic E-state index is -0.640. The lowest BCUT2D eigenvalue weighted by atomic mass is 9.88. The van der Waals surface area contributed by atoms with Gasteiger partial charge in [0.1, 0.15) is 12.6 Å². The third-order valence-electron chi connectivity index (χ3n) is 5.52. The van der Waals surface area contributed by atoms with Crippen molar-refractivity contribution in [3.8, 4) is 0 Å². The molecule has 6 heteroatoms. The van der Waals surface area contributed by atoms with Crippen molar-refractivity contribution in [1.82, 2.24) is 15.5 Å². The van der Waals surface area contributed by atoms with Gasteiger partial charge in [-0.3, -0.25) is 4.79 Å². The van der Waals surface area contributed by atoms with Crippen LogP contribution in [0.25, 0.3) is 0 Å². The number of ether oxygens (including phenoxy) is 1. The molecule has 0 bridgehead atoms. The lowest BCUT2D eigenvalue weighted by molar-refractivity contribution is -0.123. The fourth-order valence-electron chi connectivity index (χ4n) is 3.58. The van der Waals surface area contributed by atoms with Crippen molar-refractivity contribution in [3.63, 3.8) is 0 Å². The molecule has 6 nitrogen and oxygen atoms in total. The Hall–Kier alpha value is -2.08. The molecule has 0 radical (unpaired) electrons. The largest absolute Gasteiger partial charge is 0.445 e. The van der Waals surface area contributed by atoms with Gasteiger partial charge in [-0.05, 0) is 39.4 Å². The molecule has 150 valence electrons. The Morgan fingerprint density at radius 1 is 1.11 bits per heavy atom. The molecule has 1 atom stereocenters. The van der Waals surface area contributed by atoms with Crippen molar-refractivity contribution in [3.05, 3.63) is 35.9 Å². The normalized spacial score (nSPS) is 17.6. The Morgan fingerprint density at radius 3 is 2.33 bits per heavy atom. The topological polar surface area (TPSA) is 70.7 Å². The van der Waals surface area contributed by atoms with Gasteiger partial charge in [0.25, 0.3) is 0 Å². The van der Waals surface area contributed by atoms with E-state index in [9.17, 15) is 9.59 Å². The monoisotopic (exact) mass is 375 g/mol. The van der Waals surface area contributed by atoms with E-state index in [-0.39, 0.29) is 18.1 Å². The number of hydrogen-bond donors (Lipinski definition) is 2. The fourth-order valence-corrected chi connectivity index (χ4v) is 3.58. The highest BCUT2D eigenvalue weighted by Crippen LogP contribution is 2.30. The molecule has 1 aromatic carbocycles. The van der Waals surface area contributed by atoms with Crippen LogP contribution < -0.4 is 10.6 Å². The highest BCUT2D eigenvalue weighted by atomic mass is 16.5. The molecule has 27 heavy (non-hydrogen) atoms. The Labute approximate surface area is 162 Å². The van der Waals surface area contributed by atoms with Gasteiger partial charge in [-0.2, -0.15) is 0 Å². The third kappa shape index (κ3) is 6.54. The predicted octanol–water partition coefficient (Wildman–Crippen LogP) is 3.07. The van der Waals surface area contributed by atoms with Crippen LogP contribution in [0.15, 0.2) is 30.3 Å². The minimum Gasteiger partial charge on any atom is -0.445 e. The Balaban J connectivity index is 1.79. The van der Waals surface area contributed by atoms with E-state index in [1.165, 1.54) is 25.7 Å². The number of likely N-dealkylation sites (N-methyl/N-ethyl adjacent to an activating group) is 1. The summed E-state index contributed by atoms with van der Waals surface area (Å²) in [5, 5.41) is 5.64. The van der Waals surface area contributed by atoms with Crippen LogP contribution in [-0.2, 0) is 16.1 Å². The fraction of sp³-hybridized carbons (Fsp3) is 0.619. The summed E-state index contributed by atoms with van der Waals surface area (Å²) in [5.41, 5.74) is 0.908. The number of nitrogens with zero attached hydrogens (tertiary/aromatic N) is 1. The van der Waals surface area contributed by atoms with Crippen LogP contribution in [0.3, 0.4) is 0 Å². The predicted molar refractivity (Wildman–Crippen MR) is 106 cm³/mol. The average molecular weight is 376 g/mol. The lowest BCUT2D eigenvalue weighted by Gasteiger charge is -2.40. The molecule has 1 saturated carbocycles. The van der Waals surface area contributed by atoms with Crippen LogP contribution >= 0.6 is 0 Å². The number of alkyl carbamates (subject to hydrolysis) is 1. The van der Waals surface area contributed by atoms with Gasteiger partial charge in [0.2, 0.25) is 5.91 Å². The first-order valence-corrected chi connectivity index (χ1v) is 9.85. The van der Waals surface area contributed by atoms with Crippen LogP contribution in [0, 0.1) is 0 Å². The van der Waals surface area contributed by atoms with Crippen LogP contribution in [0.5, 0.6) is 0 Å². The molecule has 0 aliphatic heterocycles. The van der Waals surface area contributed by atoms with E-state index in [2.05, 4.69) is 29.6 Å². The highest BCUT2D eigenvalue weighted by molar-refractivity contribution is 5.85. The summed E-state index contributed by atoms with van der Waals surface area (Å²) < 4.78 is 5.18. The van der Waals surface area contributed by atoms with Crippen molar-refractivity contribution in [1.29, 1.82) is 0 Å². The average Bonchev–Trinajstić information content (AvgIpc) is 2.92. The SMILES string of the molecule is C[C@H](NC(=O)OCc1ccccc1)C(=O)NCC1(N(C)C)CCCCCC1. The van der Waals surface area contributed by atoms with Crippen LogP contribution in [0.1, 0.15) is 51.0 Å². The number of rotatable bonds is 7. The van der Waals surface area contributed by atoms with Crippen LogP contribution in [-0.4, -0.2) is 49.1 Å². The summed E-state index contributed by atoms with van der Waals surface area (Å²) in [6.45, 7) is 2.46. The molecule has 0 unspecified atom stereocenters. The summed E-state index contributed by atoms with van der Waals surface area (Å²) in [6.07, 6.45) is 6.48. The van der Waals surface area contributed by atoms with Gasteiger partial charge in [-0.25, -0.2) is 4.79 Å². The summed E-state index contributed by atoms with van der Waals surface area (Å²) in [6, 6.07) is 8.82. The van der Waals surface area contributed by atoms with E-state index in [1.54, 1.807) is 6.92 Å². The summed E-state index contributed by atoms with van der Waals surface area (Å²) in [7, 11) is 4.17. The molecular weight excluding hydrogens is 342 g/mol. The van der Waals surface area contributed by atoms with Gasteiger partial charge < -0.3 is 20.3 Å². The molecule has 0 aromatic heterocycles. The molecule has 1 aliphatic rings. The molecule has 0 heterocycles. The van der Waals surface area contributed by atoms with Gasteiger partial charge in [0.15, 0.2) is 0 Å². The molecule has 2 rings (SSSR count). The zero-order chi connectivity index (χ0) is 19.7. The van der Waals surface area contributed by atoms with Gasteiger partial charge in [-0.1, -0.05) is 56.0 Å². The highest BCUT2D eigenvalue weighted by Gasteiger charge is 2.34. The number of carbonyl (C=O) groups excluding carboxylic acids is 2. The van der Waals surface area contributed by atoms with Crippen molar-refractivity contribution >= 4 is 12.0 Å². The summed E-state index contributed by atoms with van der Waals surface area (Å²) in [4.78, 5) is 26.6. The number of nitrogens with one attached hydrogen (secondary N) is 2. The standard InChI is InChI=1S/C21H33N3O3/c1-17(23-20(26)27-15-18-11-7-6-8-12-18)19(25)22-16-21(24(2)3)13-9-4-5-10-14-21/h6-8,11-12,17H,4-5,9-10,13-16H2,1-3H3,(H,22,25)(H,23,26)/t17-/m0/s1. The van der Waals surface area contributed by atoms with E-state index in [4.69, 9.17) is 4.74 Å². The molecule has 1 aromatic rings. The van der Waals surface area contributed by atoms with Crippen molar-refractivity contribution in [2.75, 3.05) is 20.6 Å². The molecule has 1 aliphatic carbocycles. The van der Waals surface area contributed by atoms with Gasteiger partial charge in [-0.15, -0.1) is 0 Å². The van der Waals surface area contributed by atoms with E-state index in [0.29, 0.717) is 6.54 Å².